The molecule has 1 saturated carbocycles. The van der Waals surface area contributed by atoms with Crippen molar-refractivity contribution in [2.24, 2.45) is 0 Å². The molecule has 1 N–H and O–H groups in total. The van der Waals surface area contributed by atoms with Gasteiger partial charge in [-0.15, -0.1) is 11.8 Å². The molecule has 3 nitrogen and oxygen atoms in total. The van der Waals surface area contributed by atoms with Crippen LogP contribution in [0.2, 0.25) is 5.02 Å². The van der Waals surface area contributed by atoms with Crippen LogP contribution in [0.25, 0.3) is 11.1 Å². The monoisotopic (exact) mass is 464 g/mol. The first kappa shape index (κ1) is 21.8. The van der Waals surface area contributed by atoms with Gasteiger partial charge in [-0.1, -0.05) is 55.8 Å². The second-order valence-corrected chi connectivity index (χ2v) is 11.1. The van der Waals surface area contributed by atoms with E-state index in [2.05, 4.69) is 66.2 Å². The molecule has 166 valence electrons. The highest BCUT2D eigenvalue weighted by atomic mass is 35.5. The summed E-state index contributed by atoms with van der Waals surface area (Å²) in [4.78, 5) is 6.89. The third kappa shape index (κ3) is 4.41. The quantitative estimate of drug-likeness (QED) is 0.431. The largest absolute Gasteiger partial charge is 0.385 e. The highest BCUT2D eigenvalue weighted by molar-refractivity contribution is 7.99. The second kappa shape index (κ2) is 8.74. The Labute approximate surface area is 199 Å². The molecule has 5 rings (SSSR count). The normalized spacial score (nSPS) is 19.5. The zero-order chi connectivity index (χ0) is 22.3. The van der Waals surface area contributed by atoms with E-state index in [-0.39, 0.29) is 0 Å². The zero-order valence-corrected chi connectivity index (χ0v) is 20.2. The molecule has 1 aliphatic carbocycles. The van der Waals surface area contributed by atoms with E-state index in [1.165, 1.54) is 22.4 Å². The van der Waals surface area contributed by atoms with Crippen molar-refractivity contribution in [3.63, 3.8) is 0 Å². The van der Waals surface area contributed by atoms with E-state index in [4.69, 9.17) is 11.6 Å². The molecule has 2 fully saturated rings. The number of nitrogens with zero attached hydrogens (tertiary/aromatic N) is 2. The molecule has 1 atom stereocenters. The minimum Gasteiger partial charge on any atom is -0.385 e. The van der Waals surface area contributed by atoms with Crippen molar-refractivity contribution in [3.8, 4) is 11.1 Å². The molecule has 1 aliphatic heterocycles. The van der Waals surface area contributed by atoms with Crippen LogP contribution in [0.5, 0.6) is 0 Å². The first-order chi connectivity index (χ1) is 15.4. The Morgan fingerprint density at radius 1 is 1.12 bits per heavy atom. The van der Waals surface area contributed by atoms with Gasteiger partial charge in [0, 0.05) is 35.8 Å². The van der Waals surface area contributed by atoms with Gasteiger partial charge in [0.15, 0.2) is 0 Å². The lowest BCUT2D eigenvalue weighted by molar-refractivity contribution is 0.152. The molecule has 1 aromatic heterocycles. The zero-order valence-electron chi connectivity index (χ0n) is 18.6. The molecule has 0 unspecified atom stereocenters. The summed E-state index contributed by atoms with van der Waals surface area (Å²) in [5, 5.41) is 13.3. The highest BCUT2D eigenvalue weighted by Gasteiger charge is 2.45. The molecule has 32 heavy (non-hydrogen) atoms. The smallest absolute Gasteiger partial charge is 0.0964 e. The van der Waals surface area contributed by atoms with Crippen molar-refractivity contribution in [1.82, 2.24) is 4.98 Å². The minimum atomic E-state index is -0.679. The van der Waals surface area contributed by atoms with Crippen molar-refractivity contribution in [2.75, 3.05) is 18.0 Å². The van der Waals surface area contributed by atoms with E-state index >= 15 is 0 Å². The van der Waals surface area contributed by atoms with Gasteiger partial charge < -0.3 is 10.0 Å². The van der Waals surface area contributed by atoms with Gasteiger partial charge in [-0.3, -0.25) is 0 Å². The van der Waals surface area contributed by atoms with Gasteiger partial charge in [-0.2, -0.15) is 0 Å². The van der Waals surface area contributed by atoms with Crippen LogP contribution in [-0.4, -0.2) is 28.4 Å². The van der Waals surface area contributed by atoms with Crippen LogP contribution in [0.1, 0.15) is 50.2 Å². The summed E-state index contributed by atoms with van der Waals surface area (Å²) in [6, 6.07) is 19.2. The number of rotatable bonds is 6. The highest BCUT2D eigenvalue weighted by Crippen LogP contribution is 2.50. The molecule has 1 saturated heterocycles. The Hall–Kier alpha value is -2.01. The van der Waals surface area contributed by atoms with E-state index in [9.17, 15) is 5.11 Å². The summed E-state index contributed by atoms with van der Waals surface area (Å²) in [5.74, 6) is 0.455. The number of aromatic nitrogens is 1. The fourth-order valence-electron chi connectivity index (χ4n) is 4.65. The maximum atomic E-state index is 11.2. The molecule has 3 aromatic rings. The Kier molecular flexibility index (Phi) is 5.96. The van der Waals surface area contributed by atoms with Crippen LogP contribution in [0.3, 0.4) is 0 Å². The predicted molar refractivity (Wildman–Crippen MR) is 135 cm³/mol. The second-order valence-electron chi connectivity index (χ2n) is 9.29. The fraction of sp³-hybridized carbons (Fsp3) is 0.370. The van der Waals surface area contributed by atoms with Crippen LogP contribution in [0.15, 0.2) is 65.8 Å². The molecule has 2 heterocycles. The summed E-state index contributed by atoms with van der Waals surface area (Å²) in [6.45, 7) is 6.43. The van der Waals surface area contributed by atoms with Crippen LogP contribution < -0.4 is 4.90 Å². The van der Waals surface area contributed by atoms with E-state index in [0.29, 0.717) is 16.2 Å². The van der Waals surface area contributed by atoms with E-state index < -0.39 is 5.60 Å². The van der Waals surface area contributed by atoms with E-state index in [0.717, 1.165) is 42.9 Å². The predicted octanol–water partition coefficient (Wildman–Crippen LogP) is 6.88. The average Bonchev–Trinajstić information content (AvgIpc) is 3.38. The third-order valence-electron chi connectivity index (χ3n) is 6.59. The molecular weight excluding hydrogens is 436 g/mol. The number of pyridine rings is 1. The van der Waals surface area contributed by atoms with Crippen molar-refractivity contribution in [2.45, 2.75) is 54.9 Å². The Morgan fingerprint density at radius 3 is 2.66 bits per heavy atom. The van der Waals surface area contributed by atoms with Crippen LogP contribution in [0.4, 0.5) is 5.69 Å². The van der Waals surface area contributed by atoms with Crippen molar-refractivity contribution in [1.29, 1.82) is 0 Å². The lowest BCUT2D eigenvalue weighted by Crippen LogP contribution is -2.23. The van der Waals surface area contributed by atoms with Crippen molar-refractivity contribution >= 4 is 29.1 Å². The maximum Gasteiger partial charge on any atom is 0.0964 e. The van der Waals surface area contributed by atoms with Gasteiger partial charge in [0.05, 0.1) is 15.6 Å². The summed E-state index contributed by atoms with van der Waals surface area (Å²) >= 11 is 7.80. The van der Waals surface area contributed by atoms with Gasteiger partial charge >= 0.3 is 0 Å². The fourth-order valence-corrected chi connectivity index (χ4v) is 5.84. The molecule has 0 amide bonds. The van der Waals surface area contributed by atoms with Gasteiger partial charge in [-0.25, -0.2) is 4.98 Å². The Balaban J connectivity index is 1.42. The van der Waals surface area contributed by atoms with Crippen molar-refractivity contribution < 1.29 is 5.11 Å². The van der Waals surface area contributed by atoms with Gasteiger partial charge in [0.25, 0.3) is 0 Å². The minimum absolute atomic E-state index is 0.455. The molecule has 0 bridgehead atoms. The summed E-state index contributed by atoms with van der Waals surface area (Å²) in [7, 11) is 0. The van der Waals surface area contributed by atoms with Crippen LogP contribution in [-0.2, 0) is 5.60 Å². The number of hydrogen-bond donors (Lipinski definition) is 1. The number of anilines is 1. The molecule has 2 aliphatic rings. The molecule has 0 radical (unpaired) electrons. The van der Waals surface area contributed by atoms with E-state index in [1.807, 2.05) is 23.9 Å². The van der Waals surface area contributed by atoms with Gasteiger partial charge in [0.1, 0.15) is 0 Å². The summed E-state index contributed by atoms with van der Waals surface area (Å²) in [5.41, 5.74) is 5.40. The lowest BCUT2D eigenvalue weighted by Gasteiger charge is -2.26. The number of thioether (sulfide) groups is 1. The Bertz CT molecular complexity index is 1110. The molecular formula is C27H29ClN2OS. The molecule has 0 spiro atoms. The number of halogens is 1. The van der Waals surface area contributed by atoms with E-state index in [1.54, 1.807) is 6.20 Å². The Morgan fingerprint density at radius 2 is 1.94 bits per heavy atom. The average molecular weight is 465 g/mol. The van der Waals surface area contributed by atoms with Gasteiger partial charge in [0.2, 0.25) is 0 Å². The van der Waals surface area contributed by atoms with Crippen LogP contribution >= 0.6 is 23.4 Å². The SMILES string of the molecule is CC(C)c1ccccc1-c1ccc(N2CC[C@H](Sc3ccc(Cl)cn3)C2)c(C2(O)CC2)c1. The molecule has 2 aromatic carbocycles. The number of hydrogen-bond acceptors (Lipinski definition) is 4. The third-order valence-corrected chi connectivity index (χ3v) is 8.01. The molecule has 5 heteroatoms. The topological polar surface area (TPSA) is 36.4 Å². The van der Waals surface area contributed by atoms with Crippen LogP contribution in [0, 0.1) is 0 Å². The summed E-state index contributed by atoms with van der Waals surface area (Å²) in [6.07, 6.45) is 4.50. The number of benzene rings is 2. The summed E-state index contributed by atoms with van der Waals surface area (Å²) < 4.78 is 0. The maximum absolute atomic E-state index is 11.2. The first-order valence-electron chi connectivity index (χ1n) is 11.4. The standard InChI is InChI=1S/C27H29ClN2OS/c1-18(2)22-5-3-4-6-23(22)19-7-9-25(24(15-19)27(31)12-13-27)30-14-11-21(17-30)32-26-10-8-20(28)16-29-26/h3-10,15-16,18,21,31H,11-14,17H2,1-2H3/t21-/m0/s1. The van der Waals surface area contributed by atoms with Gasteiger partial charge in [-0.05, 0) is 66.1 Å². The first-order valence-corrected chi connectivity index (χ1v) is 12.7. The lowest BCUT2D eigenvalue weighted by atomic mass is 9.90. The van der Waals surface area contributed by atoms with Crippen molar-refractivity contribution in [3.05, 3.63) is 76.9 Å². The number of aliphatic hydroxyl groups is 1.